The molecule has 0 aliphatic carbocycles. The minimum Gasteiger partial charge on any atom is -0.340 e. The van der Waals surface area contributed by atoms with E-state index in [2.05, 4.69) is 15.3 Å². The second kappa shape index (κ2) is 4.67. The van der Waals surface area contributed by atoms with Crippen LogP contribution in [0.15, 0.2) is 24.3 Å². The van der Waals surface area contributed by atoms with Crippen LogP contribution < -0.4 is 5.32 Å². The van der Waals surface area contributed by atoms with Gasteiger partial charge in [-0.15, -0.1) is 0 Å². The topological polar surface area (TPSA) is 37.8 Å². The first-order chi connectivity index (χ1) is 8.04. The van der Waals surface area contributed by atoms with Gasteiger partial charge in [-0.05, 0) is 37.6 Å². The summed E-state index contributed by atoms with van der Waals surface area (Å²) in [7, 11) is 0. The van der Waals surface area contributed by atoms with Crippen molar-refractivity contribution in [3.8, 4) is 0 Å². The fraction of sp³-hybridized carbons (Fsp3) is 0.167. The Morgan fingerprint density at radius 1 is 1.18 bits per heavy atom. The van der Waals surface area contributed by atoms with Crippen LogP contribution in [0.1, 0.15) is 11.4 Å². The Balaban J connectivity index is 2.28. The van der Waals surface area contributed by atoms with Gasteiger partial charge in [-0.2, -0.15) is 0 Å². The van der Waals surface area contributed by atoms with Crippen LogP contribution in [-0.4, -0.2) is 9.97 Å². The molecule has 17 heavy (non-hydrogen) atoms. The van der Waals surface area contributed by atoms with Gasteiger partial charge >= 0.3 is 0 Å². The first kappa shape index (κ1) is 11.8. The third-order valence-electron chi connectivity index (χ3n) is 2.24. The molecule has 2 aromatic rings. The zero-order chi connectivity index (χ0) is 12.4. The molecule has 0 unspecified atom stereocenters. The monoisotopic (exact) mass is 251 g/mol. The molecule has 2 rings (SSSR count). The molecule has 0 aliphatic heterocycles. The average molecular weight is 252 g/mol. The highest BCUT2D eigenvalue weighted by molar-refractivity contribution is 6.29. The summed E-state index contributed by atoms with van der Waals surface area (Å²) >= 11 is 5.82. The SMILES string of the molecule is Cc1nc(Cl)cc(Nc2ccc(F)c(C)c2)n1. The summed E-state index contributed by atoms with van der Waals surface area (Å²) in [6.45, 7) is 3.46. The highest BCUT2D eigenvalue weighted by Gasteiger charge is 2.02. The third kappa shape index (κ3) is 2.91. The van der Waals surface area contributed by atoms with Crippen molar-refractivity contribution in [2.75, 3.05) is 5.32 Å². The lowest BCUT2D eigenvalue weighted by Gasteiger charge is -2.07. The Hall–Kier alpha value is -1.68. The lowest BCUT2D eigenvalue weighted by atomic mass is 10.2. The highest BCUT2D eigenvalue weighted by Crippen LogP contribution is 2.19. The summed E-state index contributed by atoms with van der Waals surface area (Å²) in [4.78, 5) is 8.14. The molecule has 0 radical (unpaired) electrons. The fourth-order valence-electron chi connectivity index (χ4n) is 1.47. The minimum atomic E-state index is -0.229. The molecule has 0 amide bonds. The van der Waals surface area contributed by atoms with Gasteiger partial charge in [0.2, 0.25) is 0 Å². The van der Waals surface area contributed by atoms with Gasteiger partial charge in [-0.25, -0.2) is 14.4 Å². The number of hydrogen-bond donors (Lipinski definition) is 1. The summed E-state index contributed by atoms with van der Waals surface area (Å²) < 4.78 is 13.1. The maximum atomic E-state index is 13.1. The Kier molecular flexibility index (Phi) is 3.24. The van der Waals surface area contributed by atoms with Crippen LogP contribution in [0.4, 0.5) is 15.9 Å². The van der Waals surface area contributed by atoms with Crippen LogP contribution in [-0.2, 0) is 0 Å². The predicted octanol–water partition coefficient (Wildman–Crippen LogP) is 3.63. The van der Waals surface area contributed by atoms with E-state index in [4.69, 9.17) is 11.6 Å². The molecule has 1 aromatic heterocycles. The normalized spacial score (nSPS) is 10.4. The number of anilines is 2. The molecule has 1 aromatic carbocycles. The summed E-state index contributed by atoms with van der Waals surface area (Å²) in [6, 6.07) is 6.38. The molecule has 0 saturated heterocycles. The van der Waals surface area contributed by atoms with Gasteiger partial charge in [-0.1, -0.05) is 11.6 Å². The molecule has 0 atom stereocenters. The van der Waals surface area contributed by atoms with E-state index < -0.39 is 0 Å². The number of halogens is 2. The maximum absolute atomic E-state index is 13.1. The predicted molar refractivity (Wildman–Crippen MR) is 66.2 cm³/mol. The van der Waals surface area contributed by atoms with E-state index in [0.717, 1.165) is 5.69 Å². The Bertz CT molecular complexity index is 537. The number of aryl methyl sites for hydroxylation is 2. The maximum Gasteiger partial charge on any atom is 0.135 e. The highest BCUT2D eigenvalue weighted by atomic mass is 35.5. The van der Waals surface area contributed by atoms with E-state index in [0.29, 0.717) is 22.4 Å². The van der Waals surface area contributed by atoms with Crippen molar-refractivity contribution in [3.05, 3.63) is 46.6 Å². The molecule has 88 valence electrons. The van der Waals surface area contributed by atoms with Crippen LogP contribution in [0.2, 0.25) is 5.15 Å². The number of hydrogen-bond acceptors (Lipinski definition) is 3. The molecule has 0 spiro atoms. The molecule has 5 heteroatoms. The van der Waals surface area contributed by atoms with Gasteiger partial charge in [0.05, 0.1) is 0 Å². The van der Waals surface area contributed by atoms with Crippen LogP contribution in [0.25, 0.3) is 0 Å². The van der Waals surface area contributed by atoms with Crippen LogP contribution >= 0.6 is 11.6 Å². The second-order valence-corrected chi connectivity index (χ2v) is 4.10. The number of rotatable bonds is 2. The average Bonchev–Trinajstić information content (AvgIpc) is 2.22. The molecule has 1 N–H and O–H groups in total. The number of aromatic nitrogens is 2. The molecule has 0 fully saturated rings. The fourth-order valence-corrected chi connectivity index (χ4v) is 1.69. The van der Waals surface area contributed by atoms with Gasteiger partial charge in [-0.3, -0.25) is 0 Å². The zero-order valence-corrected chi connectivity index (χ0v) is 10.2. The summed E-state index contributed by atoms with van der Waals surface area (Å²) in [5, 5.41) is 3.43. The van der Waals surface area contributed by atoms with Crippen molar-refractivity contribution in [1.82, 2.24) is 9.97 Å². The standard InChI is InChI=1S/C12H11ClFN3/c1-7-5-9(3-4-10(7)14)17-12-6-11(13)15-8(2)16-12/h3-6H,1-2H3,(H,15,16,17). The van der Waals surface area contributed by atoms with Crippen molar-refractivity contribution in [1.29, 1.82) is 0 Å². The molecular weight excluding hydrogens is 241 g/mol. The summed E-state index contributed by atoms with van der Waals surface area (Å²) in [5.74, 6) is 0.944. The Labute approximate surface area is 104 Å². The lowest BCUT2D eigenvalue weighted by Crippen LogP contribution is -1.98. The second-order valence-electron chi connectivity index (χ2n) is 3.71. The molecule has 0 aliphatic rings. The molecule has 3 nitrogen and oxygen atoms in total. The van der Waals surface area contributed by atoms with E-state index in [1.807, 2.05) is 0 Å². The van der Waals surface area contributed by atoms with Crippen LogP contribution in [0.5, 0.6) is 0 Å². The van der Waals surface area contributed by atoms with Gasteiger partial charge in [0.25, 0.3) is 0 Å². The quantitative estimate of drug-likeness (QED) is 0.829. The molecule has 1 heterocycles. The van der Waals surface area contributed by atoms with Crippen molar-refractivity contribution in [3.63, 3.8) is 0 Å². The van der Waals surface area contributed by atoms with Crippen molar-refractivity contribution in [2.45, 2.75) is 13.8 Å². The first-order valence-electron chi connectivity index (χ1n) is 5.09. The van der Waals surface area contributed by atoms with Crippen LogP contribution in [0, 0.1) is 19.7 Å². The van der Waals surface area contributed by atoms with E-state index in [-0.39, 0.29) is 5.82 Å². The summed E-state index contributed by atoms with van der Waals surface area (Å²) in [5.41, 5.74) is 1.34. The molecule has 0 saturated carbocycles. The van der Waals surface area contributed by atoms with E-state index in [1.54, 1.807) is 32.0 Å². The largest absolute Gasteiger partial charge is 0.340 e. The molecular formula is C12H11ClFN3. The van der Waals surface area contributed by atoms with Gasteiger partial charge in [0.1, 0.15) is 22.6 Å². The zero-order valence-electron chi connectivity index (χ0n) is 9.46. The van der Waals surface area contributed by atoms with Crippen molar-refractivity contribution < 1.29 is 4.39 Å². The van der Waals surface area contributed by atoms with Gasteiger partial charge in [0.15, 0.2) is 0 Å². The summed E-state index contributed by atoms with van der Waals surface area (Å²) in [6.07, 6.45) is 0. The van der Waals surface area contributed by atoms with Crippen LogP contribution in [0.3, 0.4) is 0 Å². The number of benzene rings is 1. The number of nitrogens with zero attached hydrogens (tertiary/aromatic N) is 2. The number of nitrogens with one attached hydrogen (secondary N) is 1. The van der Waals surface area contributed by atoms with E-state index in [9.17, 15) is 4.39 Å². The third-order valence-corrected chi connectivity index (χ3v) is 2.43. The Morgan fingerprint density at radius 3 is 2.59 bits per heavy atom. The minimum absolute atomic E-state index is 0.229. The van der Waals surface area contributed by atoms with E-state index in [1.165, 1.54) is 6.07 Å². The first-order valence-corrected chi connectivity index (χ1v) is 5.47. The smallest absolute Gasteiger partial charge is 0.135 e. The van der Waals surface area contributed by atoms with Crippen molar-refractivity contribution in [2.24, 2.45) is 0 Å². The molecule has 0 bridgehead atoms. The van der Waals surface area contributed by atoms with Gasteiger partial charge in [0, 0.05) is 11.8 Å². The van der Waals surface area contributed by atoms with Crippen molar-refractivity contribution >= 4 is 23.1 Å². The Morgan fingerprint density at radius 2 is 1.94 bits per heavy atom. The lowest BCUT2D eigenvalue weighted by molar-refractivity contribution is 0.619. The van der Waals surface area contributed by atoms with E-state index >= 15 is 0 Å². The van der Waals surface area contributed by atoms with Gasteiger partial charge < -0.3 is 5.32 Å².